The standard InChI is InChI=1S/C18H21F3N2O4/c1-3-10-9-27-18(25)23(10)11-4-6-22(7-5-11)17(24)12-8-13(19)15(21)16(26-2)14(12)20/h8,10-11H,3-7,9H2,1-2H3. The molecule has 1 atom stereocenters. The van der Waals surface area contributed by atoms with Crippen molar-refractivity contribution in [2.24, 2.45) is 0 Å². The molecule has 6 nitrogen and oxygen atoms in total. The van der Waals surface area contributed by atoms with Crippen molar-refractivity contribution in [1.82, 2.24) is 9.80 Å². The Morgan fingerprint density at radius 2 is 1.93 bits per heavy atom. The number of hydrogen-bond acceptors (Lipinski definition) is 4. The van der Waals surface area contributed by atoms with Crippen LogP contribution in [0, 0.1) is 17.5 Å². The van der Waals surface area contributed by atoms with Crippen molar-refractivity contribution in [3.05, 3.63) is 29.1 Å². The lowest BCUT2D eigenvalue weighted by atomic mass is 10.0. The molecule has 2 heterocycles. The van der Waals surface area contributed by atoms with Gasteiger partial charge >= 0.3 is 6.09 Å². The van der Waals surface area contributed by atoms with E-state index in [-0.39, 0.29) is 31.3 Å². The zero-order chi connectivity index (χ0) is 19.7. The Labute approximate surface area is 154 Å². The van der Waals surface area contributed by atoms with E-state index in [0.29, 0.717) is 25.5 Å². The van der Waals surface area contributed by atoms with Crippen molar-refractivity contribution >= 4 is 12.0 Å². The monoisotopic (exact) mass is 386 g/mol. The summed E-state index contributed by atoms with van der Waals surface area (Å²) < 4.78 is 51.2. The number of benzene rings is 1. The SMILES string of the molecule is CCC1COC(=O)N1C1CCN(C(=O)c2cc(F)c(F)c(OC)c2F)CC1. The minimum Gasteiger partial charge on any atom is -0.491 e. The Morgan fingerprint density at radius 1 is 1.26 bits per heavy atom. The van der Waals surface area contributed by atoms with Gasteiger partial charge in [0.1, 0.15) is 6.61 Å². The molecule has 2 aliphatic heterocycles. The topological polar surface area (TPSA) is 59.1 Å². The Morgan fingerprint density at radius 3 is 2.52 bits per heavy atom. The Balaban J connectivity index is 1.72. The lowest BCUT2D eigenvalue weighted by molar-refractivity contribution is 0.0629. The van der Waals surface area contributed by atoms with Crippen molar-refractivity contribution < 1.29 is 32.2 Å². The molecule has 0 saturated carbocycles. The maximum Gasteiger partial charge on any atom is 0.410 e. The van der Waals surface area contributed by atoms with Gasteiger partial charge in [0.25, 0.3) is 5.91 Å². The number of carbonyl (C=O) groups excluding carboxylic acids is 2. The summed E-state index contributed by atoms with van der Waals surface area (Å²) in [7, 11) is 1.000. The fourth-order valence-corrected chi connectivity index (χ4v) is 3.67. The molecule has 2 saturated heterocycles. The fraction of sp³-hybridized carbons (Fsp3) is 0.556. The molecule has 2 fully saturated rings. The molecule has 27 heavy (non-hydrogen) atoms. The van der Waals surface area contributed by atoms with Gasteiger partial charge in [-0.3, -0.25) is 9.69 Å². The maximum atomic E-state index is 14.3. The van der Waals surface area contributed by atoms with Crippen LogP contribution in [0.15, 0.2) is 6.07 Å². The van der Waals surface area contributed by atoms with Gasteiger partial charge in [-0.15, -0.1) is 0 Å². The summed E-state index contributed by atoms with van der Waals surface area (Å²) in [4.78, 5) is 27.6. The molecule has 1 aromatic carbocycles. The number of nitrogens with zero attached hydrogens (tertiary/aromatic N) is 2. The quantitative estimate of drug-likeness (QED) is 0.747. The van der Waals surface area contributed by atoms with Crippen LogP contribution in [0.5, 0.6) is 5.75 Å². The van der Waals surface area contributed by atoms with Crippen molar-refractivity contribution in [3.63, 3.8) is 0 Å². The van der Waals surface area contributed by atoms with E-state index >= 15 is 0 Å². The third-order valence-corrected chi connectivity index (χ3v) is 5.17. The zero-order valence-corrected chi connectivity index (χ0v) is 15.1. The highest BCUT2D eigenvalue weighted by Gasteiger charge is 2.39. The Kier molecular flexibility index (Phi) is 5.48. The van der Waals surface area contributed by atoms with Gasteiger partial charge in [0.05, 0.1) is 18.7 Å². The van der Waals surface area contributed by atoms with Gasteiger partial charge in [-0.25, -0.2) is 13.6 Å². The van der Waals surface area contributed by atoms with E-state index in [1.165, 1.54) is 4.90 Å². The van der Waals surface area contributed by atoms with Crippen molar-refractivity contribution in [2.75, 3.05) is 26.8 Å². The second-order valence-corrected chi connectivity index (χ2v) is 6.64. The third kappa shape index (κ3) is 3.42. The highest BCUT2D eigenvalue weighted by Crippen LogP contribution is 2.30. The van der Waals surface area contributed by atoms with Crippen LogP contribution in [-0.2, 0) is 4.74 Å². The fourth-order valence-electron chi connectivity index (χ4n) is 3.67. The van der Waals surface area contributed by atoms with Crippen LogP contribution < -0.4 is 4.74 Å². The normalized spacial score (nSPS) is 20.8. The van der Waals surface area contributed by atoms with Gasteiger partial charge in [0.2, 0.25) is 5.82 Å². The van der Waals surface area contributed by atoms with Gasteiger partial charge in [0, 0.05) is 19.1 Å². The lowest BCUT2D eigenvalue weighted by Crippen LogP contribution is -2.49. The smallest absolute Gasteiger partial charge is 0.410 e. The zero-order valence-electron chi connectivity index (χ0n) is 15.1. The number of carbonyl (C=O) groups is 2. The van der Waals surface area contributed by atoms with Gasteiger partial charge in [-0.1, -0.05) is 6.92 Å². The minimum atomic E-state index is -1.47. The highest BCUT2D eigenvalue weighted by atomic mass is 19.2. The van der Waals surface area contributed by atoms with Crippen molar-refractivity contribution in [1.29, 1.82) is 0 Å². The van der Waals surface area contributed by atoms with E-state index < -0.39 is 34.7 Å². The number of rotatable bonds is 4. The van der Waals surface area contributed by atoms with Gasteiger partial charge in [0.15, 0.2) is 17.4 Å². The second kappa shape index (κ2) is 7.66. The number of likely N-dealkylation sites (tertiary alicyclic amines) is 1. The van der Waals surface area contributed by atoms with Crippen LogP contribution in [-0.4, -0.2) is 60.7 Å². The molecule has 0 N–H and O–H groups in total. The summed E-state index contributed by atoms with van der Waals surface area (Å²) in [5.74, 6) is -5.70. The number of cyclic esters (lactones) is 1. The van der Waals surface area contributed by atoms with Gasteiger partial charge in [-0.05, 0) is 25.3 Å². The van der Waals surface area contributed by atoms with Crippen LogP contribution in [0.25, 0.3) is 0 Å². The van der Waals surface area contributed by atoms with Crippen LogP contribution in [0.4, 0.5) is 18.0 Å². The molecule has 9 heteroatoms. The minimum absolute atomic E-state index is 0.0117. The Hall–Kier alpha value is -2.45. The molecule has 0 bridgehead atoms. The molecular weight excluding hydrogens is 365 g/mol. The first kappa shape index (κ1) is 19.3. The average molecular weight is 386 g/mol. The molecule has 0 spiro atoms. The summed E-state index contributed by atoms with van der Waals surface area (Å²) in [6.45, 7) is 2.86. The van der Waals surface area contributed by atoms with E-state index in [1.807, 2.05) is 6.92 Å². The largest absolute Gasteiger partial charge is 0.491 e. The van der Waals surface area contributed by atoms with Crippen molar-refractivity contribution in [2.45, 2.75) is 38.3 Å². The van der Waals surface area contributed by atoms with Crippen LogP contribution >= 0.6 is 0 Å². The van der Waals surface area contributed by atoms with E-state index in [4.69, 9.17) is 4.74 Å². The number of hydrogen-bond donors (Lipinski definition) is 0. The molecule has 148 valence electrons. The summed E-state index contributed by atoms with van der Waals surface area (Å²) in [6, 6.07) is 0.489. The molecule has 0 aromatic heterocycles. The first-order valence-corrected chi connectivity index (χ1v) is 8.84. The highest BCUT2D eigenvalue weighted by molar-refractivity contribution is 5.95. The number of methoxy groups -OCH3 is 1. The van der Waals surface area contributed by atoms with Crippen LogP contribution in [0.1, 0.15) is 36.5 Å². The number of ether oxygens (including phenoxy) is 2. The Bertz CT molecular complexity index is 751. The number of piperidine rings is 1. The van der Waals surface area contributed by atoms with Crippen LogP contribution in [0.3, 0.4) is 0 Å². The molecule has 1 unspecified atom stereocenters. The summed E-state index contributed by atoms with van der Waals surface area (Å²) >= 11 is 0. The summed E-state index contributed by atoms with van der Waals surface area (Å²) in [6.07, 6.45) is 1.41. The first-order valence-electron chi connectivity index (χ1n) is 8.84. The van der Waals surface area contributed by atoms with Crippen molar-refractivity contribution in [3.8, 4) is 5.75 Å². The maximum absolute atomic E-state index is 14.3. The second-order valence-electron chi connectivity index (χ2n) is 6.64. The third-order valence-electron chi connectivity index (χ3n) is 5.17. The first-order chi connectivity index (χ1) is 12.9. The van der Waals surface area contributed by atoms with Crippen LogP contribution in [0.2, 0.25) is 0 Å². The predicted molar refractivity (Wildman–Crippen MR) is 89.1 cm³/mol. The molecule has 1 aromatic rings. The predicted octanol–water partition coefficient (Wildman–Crippen LogP) is 2.95. The lowest BCUT2D eigenvalue weighted by Gasteiger charge is -2.37. The molecule has 0 aliphatic carbocycles. The average Bonchev–Trinajstić information content (AvgIpc) is 3.05. The molecule has 2 aliphatic rings. The van der Waals surface area contributed by atoms with E-state index in [0.717, 1.165) is 13.5 Å². The summed E-state index contributed by atoms with van der Waals surface area (Å²) in [5, 5.41) is 0. The molecule has 2 amide bonds. The molecule has 3 rings (SSSR count). The number of amides is 2. The summed E-state index contributed by atoms with van der Waals surface area (Å²) in [5.41, 5.74) is -0.573. The van der Waals surface area contributed by atoms with Gasteiger partial charge < -0.3 is 14.4 Å². The van der Waals surface area contributed by atoms with E-state index in [9.17, 15) is 22.8 Å². The molecular formula is C18H21F3N2O4. The number of halogens is 3. The van der Waals surface area contributed by atoms with E-state index in [2.05, 4.69) is 4.74 Å². The molecule has 0 radical (unpaired) electrons. The van der Waals surface area contributed by atoms with Gasteiger partial charge in [-0.2, -0.15) is 4.39 Å². The van der Waals surface area contributed by atoms with E-state index in [1.54, 1.807) is 4.90 Å².